The minimum atomic E-state index is -1.33. The van der Waals surface area contributed by atoms with E-state index in [4.69, 9.17) is 18.9 Å². The van der Waals surface area contributed by atoms with Gasteiger partial charge in [-0.25, -0.2) is 9.69 Å². The van der Waals surface area contributed by atoms with Crippen LogP contribution in [0.3, 0.4) is 0 Å². The predicted molar refractivity (Wildman–Crippen MR) is 134 cm³/mol. The number of carbonyl (C=O) groups is 2. The van der Waals surface area contributed by atoms with Crippen molar-refractivity contribution in [3.8, 4) is 11.5 Å². The highest BCUT2D eigenvalue weighted by molar-refractivity contribution is 8.77. The van der Waals surface area contributed by atoms with Crippen LogP contribution in [0.2, 0.25) is 0 Å². The molecule has 9 nitrogen and oxygen atoms in total. The molecule has 34 heavy (non-hydrogen) atoms. The van der Waals surface area contributed by atoms with Crippen LogP contribution in [-0.4, -0.2) is 85.9 Å². The molecule has 1 aromatic rings. The molecular formula is C23H32N2O7S2. The summed E-state index contributed by atoms with van der Waals surface area (Å²) in [5.74, 6) is 0.345. The van der Waals surface area contributed by atoms with Crippen molar-refractivity contribution in [1.29, 1.82) is 0 Å². The molecular weight excluding hydrogens is 480 g/mol. The summed E-state index contributed by atoms with van der Waals surface area (Å²) in [6.07, 6.45) is -1.70. The lowest BCUT2D eigenvalue weighted by atomic mass is 10.1. The average molecular weight is 513 g/mol. The van der Waals surface area contributed by atoms with Crippen molar-refractivity contribution in [2.24, 2.45) is 0 Å². The predicted octanol–water partition coefficient (Wildman–Crippen LogP) is 3.55. The molecule has 188 valence electrons. The number of benzene rings is 1. The summed E-state index contributed by atoms with van der Waals surface area (Å²) in [5, 5.41) is 11.6. The van der Waals surface area contributed by atoms with Gasteiger partial charge in [-0.3, -0.25) is 4.79 Å². The summed E-state index contributed by atoms with van der Waals surface area (Å²) in [6.45, 7) is 8.92. The molecule has 1 aromatic carbocycles. The number of amides is 2. The Balaban J connectivity index is 1.95. The fourth-order valence-corrected chi connectivity index (χ4v) is 6.11. The maximum atomic E-state index is 13.4. The minimum Gasteiger partial charge on any atom is -0.493 e. The van der Waals surface area contributed by atoms with Gasteiger partial charge in [-0.2, -0.15) is 0 Å². The van der Waals surface area contributed by atoms with E-state index in [9.17, 15) is 14.7 Å². The van der Waals surface area contributed by atoms with E-state index < -0.39 is 18.4 Å². The first-order valence-electron chi connectivity index (χ1n) is 10.9. The monoisotopic (exact) mass is 512 g/mol. The molecule has 1 saturated heterocycles. The molecule has 3 atom stereocenters. The van der Waals surface area contributed by atoms with Gasteiger partial charge in [0.25, 0.3) is 5.91 Å². The van der Waals surface area contributed by atoms with Gasteiger partial charge in [0.05, 0.1) is 43.4 Å². The number of ether oxygens (including phenoxy) is 4. The molecule has 0 spiro atoms. The third-order valence-electron chi connectivity index (χ3n) is 5.48. The number of anilines is 1. The number of hydrogen-bond acceptors (Lipinski definition) is 9. The first-order chi connectivity index (χ1) is 16.2. The van der Waals surface area contributed by atoms with Crippen LogP contribution < -0.4 is 14.4 Å². The van der Waals surface area contributed by atoms with E-state index in [1.807, 2.05) is 0 Å². The Bertz CT molecular complexity index is 927. The van der Waals surface area contributed by atoms with Crippen LogP contribution in [0.1, 0.15) is 30.6 Å². The summed E-state index contributed by atoms with van der Waals surface area (Å²) < 4.78 is 21.7. The molecule has 1 fully saturated rings. The average Bonchev–Trinajstić information content (AvgIpc) is 3.18. The molecule has 0 radical (unpaired) electrons. The van der Waals surface area contributed by atoms with Gasteiger partial charge < -0.3 is 29.0 Å². The van der Waals surface area contributed by atoms with Crippen LogP contribution in [0.5, 0.6) is 11.5 Å². The number of rotatable bonds is 9. The molecule has 2 unspecified atom stereocenters. The summed E-state index contributed by atoms with van der Waals surface area (Å²) in [6, 6.07) is 2.40. The summed E-state index contributed by atoms with van der Waals surface area (Å²) >= 11 is 0. The van der Waals surface area contributed by atoms with Gasteiger partial charge in [0.2, 0.25) is 0 Å². The molecule has 2 aliphatic rings. The zero-order chi connectivity index (χ0) is 25.0. The van der Waals surface area contributed by atoms with E-state index in [1.54, 1.807) is 28.7 Å². The van der Waals surface area contributed by atoms with E-state index in [0.717, 1.165) is 10.5 Å². The third kappa shape index (κ3) is 5.59. The van der Waals surface area contributed by atoms with Crippen molar-refractivity contribution in [2.75, 3.05) is 46.0 Å². The molecule has 1 N–H and O–H groups in total. The second-order valence-corrected chi connectivity index (χ2v) is 11.5. The molecule has 2 amide bonds. The van der Waals surface area contributed by atoms with E-state index in [-0.39, 0.29) is 29.0 Å². The second kappa shape index (κ2) is 11.6. The van der Waals surface area contributed by atoms with Crippen molar-refractivity contribution < 1.29 is 33.6 Å². The Morgan fingerprint density at radius 3 is 2.47 bits per heavy atom. The molecule has 0 aliphatic carbocycles. The van der Waals surface area contributed by atoms with E-state index in [1.165, 1.54) is 31.3 Å². The molecule has 2 aliphatic heterocycles. The van der Waals surface area contributed by atoms with E-state index >= 15 is 0 Å². The van der Waals surface area contributed by atoms with Crippen molar-refractivity contribution >= 4 is 39.3 Å². The molecule has 0 saturated carbocycles. The van der Waals surface area contributed by atoms with Crippen LogP contribution in [0.25, 0.3) is 0 Å². The van der Waals surface area contributed by atoms with Gasteiger partial charge in [-0.1, -0.05) is 47.6 Å². The number of aliphatic hydroxyl groups is 1. The van der Waals surface area contributed by atoms with Gasteiger partial charge in [-0.15, -0.1) is 0 Å². The lowest BCUT2D eigenvalue weighted by molar-refractivity contribution is 0.0486. The number of carbonyl (C=O) groups excluding carboxylic acids is 2. The number of fused-ring (bicyclic) bond motifs is 2. The number of methoxy groups -OCH3 is 3. The maximum absolute atomic E-state index is 13.4. The van der Waals surface area contributed by atoms with Crippen molar-refractivity contribution in [3.63, 3.8) is 0 Å². The normalized spacial score (nSPS) is 20.7. The highest BCUT2D eigenvalue weighted by atomic mass is 33.1. The van der Waals surface area contributed by atoms with E-state index in [2.05, 4.69) is 20.4 Å². The van der Waals surface area contributed by atoms with Gasteiger partial charge in [0, 0.05) is 25.0 Å². The Morgan fingerprint density at radius 2 is 1.85 bits per heavy atom. The van der Waals surface area contributed by atoms with Crippen LogP contribution in [0, 0.1) is 0 Å². The summed E-state index contributed by atoms with van der Waals surface area (Å²) in [4.78, 5) is 29.4. The molecule has 11 heteroatoms. The third-order valence-corrected chi connectivity index (χ3v) is 8.82. The maximum Gasteiger partial charge on any atom is 0.416 e. The van der Waals surface area contributed by atoms with Crippen molar-refractivity contribution in [3.05, 3.63) is 29.8 Å². The van der Waals surface area contributed by atoms with E-state index in [0.29, 0.717) is 36.3 Å². The second-order valence-electron chi connectivity index (χ2n) is 8.36. The summed E-state index contributed by atoms with van der Waals surface area (Å²) in [7, 11) is 7.78. The minimum absolute atomic E-state index is 0.0813. The highest BCUT2D eigenvalue weighted by Crippen LogP contribution is 2.41. The first-order valence-corrected chi connectivity index (χ1v) is 13.2. The number of nitrogens with zero attached hydrogens (tertiary/aromatic N) is 2. The van der Waals surface area contributed by atoms with Crippen molar-refractivity contribution in [1.82, 2.24) is 4.90 Å². The fraction of sp³-hybridized carbons (Fsp3) is 0.565. The standard InChI is InChI=1S/C23H32N2O7S2/c1-13(2)33-34-15(11-29-4)12-32-23(28)25-17-9-20(31-6)19(30-5)8-16(17)21(26)24-10-14(3)7-18(24)22(25)27/h8-9,13,15,18,22,27H,3,7,10-12H2,1-2,4-6H3/t15?,18-,22?/m0/s1. The molecule has 2 heterocycles. The largest absolute Gasteiger partial charge is 0.493 e. The van der Waals surface area contributed by atoms with Crippen LogP contribution >= 0.6 is 21.6 Å². The quantitative estimate of drug-likeness (QED) is 0.393. The SMILES string of the molecule is C=C1C[C@H]2C(O)N(C(=O)OCC(COC)SSC(C)C)c3cc(OC)c(OC)cc3C(=O)N2C1. The topological polar surface area (TPSA) is 97.8 Å². The van der Waals surface area contributed by atoms with Crippen LogP contribution in [0.4, 0.5) is 10.5 Å². The smallest absolute Gasteiger partial charge is 0.416 e. The first kappa shape index (κ1) is 26.5. The van der Waals surface area contributed by atoms with Gasteiger partial charge in [-0.05, 0) is 12.5 Å². The molecule has 3 rings (SSSR count). The van der Waals surface area contributed by atoms with Gasteiger partial charge in [0.15, 0.2) is 17.7 Å². The molecule has 0 aromatic heterocycles. The Hall–Kier alpha value is -2.08. The van der Waals surface area contributed by atoms with Gasteiger partial charge >= 0.3 is 6.09 Å². The van der Waals surface area contributed by atoms with Crippen LogP contribution in [-0.2, 0) is 9.47 Å². The Labute approximate surface area is 208 Å². The van der Waals surface area contributed by atoms with Gasteiger partial charge in [0.1, 0.15) is 6.61 Å². The number of aliphatic hydroxyl groups excluding tert-OH is 1. The molecule has 0 bridgehead atoms. The zero-order valence-corrected chi connectivity index (χ0v) is 21.7. The number of hydrogen-bond donors (Lipinski definition) is 1. The fourth-order valence-electron chi connectivity index (χ4n) is 3.94. The lowest BCUT2D eigenvalue weighted by Crippen LogP contribution is -2.51. The Kier molecular flexibility index (Phi) is 9.02. The zero-order valence-electron chi connectivity index (χ0n) is 20.1. The summed E-state index contributed by atoms with van der Waals surface area (Å²) in [5.41, 5.74) is 1.22. The Morgan fingerprint density at radius 1 is 1.18 bits per heavy atom. The van der Waals surface area contributed by atoms with Crippen molar-refractivity contribution in [2.45, 2.75) is 43.0 Å². The van der Waals surface area contributed by atoms with Crippen LogP contribution in [0.15, 0.2) is 24.3 Å². The highest BCUT2D eigenvalue weighted by Gasteiger charge is 2.46. The lowest BCUT2D eigenvalue weighted by Gasteiger charge is -2.32.